The lowest BCUT2D eigenvalue weighted by atomic mass is 9.70. The maximum atomic E-state index is 2.53. The molecule has 0 N–H and O–H groups in total. The van der Waals surface area contributed by atoms with Crippen molar-refractivity contribution >= 4 is 76.4 Å². The molecular weight excluding hydrogens is 769 g/mol. The van der Waals surface area contributed by atoms with Crippen molar-refractivity contribution in [3.63, 3.8) is 0 Å². The Balaban J connectivity index is 1.11. The molecule has 2 aliphatic carbocycles. The topological polar surface area (TPSA) is 6.48 Å². The fraction of sp³-hybridized carbons (Fsp3) is 0.0169. The molecule has 0 bridgehead atoms. The van der Waals surface area contributed by atoms with Gasteiger partial charge in [-0.1, -0.05) is 158 Å². The van der Waals surface area contributed by atoms with Gasteiger partial charge in [0.15, 0.2) is 0 Å². The van der Waals surface area contributed by atoms with E-state index in [4.69, 9.17) is 0 Å². The first-order chi connectivity index (χ1) is 30.8. The van der Waals surface area contributed by atoms with Crippen LogP contribution in [0.4, 0.5) is 34.1 Å². The van der Waals surface area contributed by atoms with Gasteiger partial charge in [0.05, 0.1) is 11.1 Å². The third-order valence-electron chi connectivity index (χ3n) is 13.2. The molecule has 0 amide bonds. The van der Waals surface area contributed by atoms with Crippen LogP contribution in [0.25, 0.3) is 53.2 Å². The highest BCUT2D eigenvalue weighted by Crippen LogP contribution is 2.65. The number of benzene rings is 10. The van der Waals surface area contributed by atoms with Crippen molar-refractivity contribution in [1.82, 2.24) is 0 Å². The zero-order valence-corrected chi connectivity index (χ0v) is 34.6. The van der Waals surface area contributed by atoms with Gasteiger partial charge in [-0.2, -0.15) is 0 Å². The van der Waals surface area contributed by atoms with Gasteiger partial charge < -0.3 is 9.80 Å². The van der Waals surface area contributed by atoms with Gasteiger partial charge in [0, 0.05) is 54.0 Å². The summed E-state index contributed by atoms with van der Waals surface area (Å²) in [5.41, 5.74) is 16.6. The molecule has 13 rings (SSSR count). The molecule has 0 radical (unpaired) electrons. The third kappa shape index (κ3) is 4.97. The Morgan fingerprint density at radius 1 is 0.290 bits per heavy atom. The van der Waals surface area contributed by atoms with Gasteiger partial charge in [-0.25, -0.2) is 0 Å². The molecule has 10 aromatic carbocycles. The van der Waals surface area contributed by atoms with Crippen molar-refractivity contribution in [3.05, 3.63) is 253 Å². The molecule has 1 spiro atoms. The van der Waals surface area contributed by atoms with E-state index in [1.54, 1.807) is 0 Å². The summed E-state index contributed by atoms with van der Waals surface area (Å²) in [6.45, 7) is 0. The molecule has 3 heteroatoms. The van der Waals surface area contributed by atoms with Crippen molar-refractivity contribution in [1.29, 1.82) is 0 Å². The van der Waals surface area contributed by atoms with Crippen LogP contribution in [-0.4, -0.2) is 0 Å². The number of rotatable bonds is 6. The van der Waals surface area contributed by atoms with Gasteiger partial charge in [0.1, 0.15) is 0 Å². The van der Waals surface area contributed by atoms with Crippen molar-refractivity contribution in [2.45, 2.75) is 5.41 Å². The predicted molar refractivity (Wildman–Crippen MR) is 263 cm³/mol. The maximum Gasteiger partial charge on any atom is 0.0727 e. The van der Waals surface area contributed by atoms with Crippen LogP contribution >= 0.6 is 11.3 Å². The maximum absolute atomic E-state index is 2.53. The van der Waals surface area contributed by atoms with E-state index in [9.17, 15) is 0 Å². The second-order valence-electron chi connectivity index (χ2n) is 16.4. The molecule has 0 saturated carbocycles. The highest BCUT2D eigenvalue weighted by Gasteiger charge is 2.52. The lowest BCUT2D eigenvalue weighted by Crippen LogP contribution is -2.26. The largest absolute Gasteiger partial charge is 0.310 e. The smallest absolute Gasteiger partial charge is 0.0727 e. The fourth-order valence-corrected chi connectivity index (χ4v) is 11.9. The van der Waals surface area contributed by atoms with Gasteiger partial charge in [0.25, 0.3) is 0 Å². The minimum absolute atomic E-state index is 0.580. The fourth-order valence-electron chi connectivity index (χ4n) is 10.7. The van der Waals surface area contributed by atoms with Crippen molar-refractivity contribution in [3.8, 4) is 22.3 Å². The van der Waals surface area contributed by atoms with Gasteiger partial charge >= 0.3 is 0 Å². The Morgan fingerprint density at radius 2 is 0.790 bits per heavy atom. The average Bonchev–Trinajstić information content (AvgIpc) is 3.96. The summed E-state index contributed by atoms with van der Waals surface area (Å²) in [5.74, 6) is 0. The summed E-state index contributed by atoms with van der Waals surface area (Å²) < 4.78 is 2.60. The SMILES string of the molecule is c1ccc(N(c2ccc3c(c2)C2(c4ccccc4-3)c3ccccc3-c3c2cc(N(c2ccccc2)c2ccccc2)c2ccccc32)c2ccc3c(c2)sc2ccccc23)cc1. The summed E-state index contributed by atoms with van der Waals surface area (Å²) in [6.07, 6.45) is 0. The van der Waals surface area contributed by atoms with E-state index < -0.39 is 5.41 Å². The molecule has 11 aromatic rings. The molecule has 2 nitrogen and oxygen atoms in total. The molecule has 1 heterocycles. The van der Waals surface area contributed by atoms with Crippen molar-refractivity contribution in [2.75, 3.05) is 9.80 Å². The first kappa shape index (κ1) is 35.1. The normalized spacial score (nSPS) is 14.5. The summed E-state index contributed by atoms with van der Waals surface area (Å²) in [6, 6.07) is 85.3. The van der Waals surface area contributed by atoms with Gasteiger partial charge in [-0.3, -0.25) is 0 Å². The zero-order chi connectivity index (χ0) is 40.8. The van der Waals surface area contributed by atoms with E-state index >= 15 is 0 Å². The van der Waals surface area contributed by atoms with E-state index in [-0.39, 0.29) is 0 Å². The first-order valence-corrected chi connectivity index (χ1v) is 22.2. The van der Waals surface area contributed by atoms with Crippen LogP contribution in [0.2, 0.25) is 0 Å². The van der Waals surface area contributed by atoms with E-state index in [2.05, 4.69) is 240 Å². The Morgan fingerprint density at radius 3 is 1.50 bits per heavy atom. The molecule has 62 heavy (non-hydrogen) atoms. The predicted octanol–water partition coefficient (Wildman–Crippen LogP) is 16.5. The number of fused-ring (bicyclic) bond motifs is 15. The number of nitrogens with zero attached hydrogens (tertiary/aromatic N) is 2. The summed E-state index contributed by atoms with van der Waals surface area (Å²) in [4.78, 5) is 4.89. The highest BCUT2D eigenvalue weighted by molar-refractivity contribution is 7.25. The van der Waals surface area contributed by atoms with E-state index in [0.717, 1.165) is 34.1 Å². The van der Waals surface area contributed by atoms with Crippen LogP contribution in [0.3, 0.4) is 0 Å². The molecular formula is C59H38N2S. The molecule has 1 aromatic heterocycles. The monoisotopic (exact) mass is 806 g/mol. The number of hydrogen-bond donors (Lipinski definition) is 0. The average molecular weight is 807 g/mol. The van der Waals surface area contributed by atoms with E-state index in [0.29, 0.717) is 0 Å². The van der Waals surface area contributed by atoms with Crippen LogP contribution in [-0.2, 0) is 5.41 Å². The van der Waals surface area contributed by atoms with Crippen molar-refractivity contribution in [2.24, 2.45) is 0 Å². The quantitative estimate of drug-likeness (QED) is 0.165. The van der Waals surface area contributed by atoms with E-state index in [1.807, 2.05) is 11.3 Å². The number of thiophene rings is 1. The Bertz CT molecular complexity index is 3500. The lowest BCUT2D eigenvalue weighted by molar-refractivity contribution is 0.794. The lowest BCUT2D eigenvalue weighted by Gasteiger charge is -2.34. The minimum atomic E-state index is -0.580. The molecule has 290 valence electrons. The summed E-state index contributed by atoms with van der Waals surface area (Å²) in [7, 11) is 0. The molecule has 0 fully saturated rings. The van der Waals surface area contributed by atoms with Crippen LogP contribution < -0.4 is 9.80 Å². The Kier molecular flexibility index (Phi) is 7.72. The molecule has 0 saturated heterocycles. The van der Waals surface area contributed by atoms with Crippen LogP contribution in [0.1, 0.15) is 22.3 Å². The number of para-hydroxylation sites is 3. The molecule has 0 aliphatic heterocycles. The third-order valence-corrected chi connectivity index (χ3v) is 14.4. The van der Waals surface area contributed by atoms with E-state index in [1.165, 1.54) is 75.5 Å². The molecule has 2 aliphatic rings. The number of anilines is 6. The highest BCUT2D eigenvalue weighted by atomic mass is 32.1. The molecule has 1 atom stereocenters. The van der Waals surface area contributed by atoms with Gasteiger partial charge in [0.2, 0.25) is 0 Å². The van der Waals surface area contributed by atoms with Gasteiger partial charge in [-0.05, 0) is 123 Å². The van der Waals surface area contributed by atoms with Crippen LogP contribution in [0, 0.1) is 0 Å². The molecule has 1 unspecified atom stereocenters. The van der Waals surface area contributed by atoms with Gasteiger partial charge in [-0.15, -0.1) is 11.3 Å². The summed E-state index contributed by atoms with van der Waals surface area (Å²) in [5, 5.41) is 5.09. The van der Waals surface area contributed by atoms with Crippen LogP contribution in [0.5, 0.6) is 0 Å². The second-order valence-corrected chi connectivity index (χ2v) is 17.5. The van der Waals surface area contributed by atoms with Crippen molar-refractivity contribution < 1.29 is 0 Å². The Labute approximate surface area is 364 Å². The summed E-state index contributed by atoms with van der Waals surface area (Å²) >= 11 is 1.87. The minimum Gasteiger partial charge on any atom is -0.310 e. The first-order valence-electron chi connectivity index (χ1n) is 21.3. The standard InChI is InChI=1S/C59H38N2S/c1-4-18-39(19-5-1)60(43-33-35-48-47-26-14-17-31-56(47)62-57(48)37-43)42-32-34-45-44-24-12-15-29-51(44)59(53(45)36-42)52-30-16-13-28-50(52)58-49-27-11-10-25-46(49)55(38-54(58)59)61(40-20-6-2-7-21-40)41-22-8-3-9-23-41/h1-38H. The number of hydrogen-bond acceptors (Lipinski definition) is 3. The second kappa shape index (κ2) is 13.7. The van der Waals surface area contributed by atoms with Crippen LogP contribution in [0.15, 0.2) is 231 Å². The zero-order valence-electron chi connectivity index (χ0n) is 33.7. The Hall–Kier alpha value is -7.72.